The Bertz CT molecular complexity index is 482. The summed E-state index contributed by atoms with van der Waals surface area (Å²) in [4.78, 5) is 11.3. The molecule has 1 fully saturated rings. The summed E-state index contributed by atoms with van der Waals surface area (Å²) in [6, 6.07) is 8.39. The van der Waals surface area contributed by atoms with Gasteiger partial charge < -0.3 is 30.1 Å². The zero-order chi connectivity index (χ0) is 16.1. The zero-order valence-corrected chi connectivity index (χ0v) is 12.3. The first-order valence-electron chi connectivity index (χ1n) is 7.08. The fraction of sp³-hybridized carbons (Fsp3) is 0.533. The average Bonchev–Trinajstić information content (AvgIpc) is 2.50. The highest BCUT2D eigenvalue weighted by Crippen LogP contribution is 2.23. The molecular formula is C15H21NO6. The van der Waals surface area contributed by atoms with Crippen molar-refractivity contribution in [2.75, 3.05) is 6.61 Å². The van der Waals surface area contributed by atoms with Gasteiger partial charge in [-0.25, -0.2) is 0 Å². The predicted octanol–water partition coefficient (Wildman–Crippen LogP) is -0.853. The summed E-state index contributed by atoms with van der Waals surface area (Å²) in [5, 5.41) is 31.9. The monoisotopic (exact) mass is 311 g/mol. The highest BCUT2D eigenvalue weighted by Gasteiger charge is 2.45. The molecule has 1 aromatic carbocycles. The molecule has 1 aliphatic rings. The number of amides is 1. The molecule has 4 N–H and O–H groups in total. The van der Waals surface area contributed by atoms with Gasteiger partial charge in [-0.15, -0.1) is 0 Å². The number of aliphatic hydroxyl groups excluding tert-OH is 3. The first-order chi connectivity index (χ1) is 10.5. The van der Waals surface area contributed by atoms with Gasteiger partial charge >= 0.3 is 0 Å². The second kappa shape index (κ2) is 7.66. The molecule has 1 amide bonds. The molecule has 1 heterocycles. The molecule has 0 aliphatic carbocycles. The van der Waals surface area contributed by atoms with Crippen LogP contribution in [-0.4, -0.2) is 58.5 Å². The van der Waals surface area contributed by atoms with E-state index < -0.39 is 37.3 Å². The Labute approximate surface area is 128 Å². The number of rotatable bonds is 5. The molecule has 0 unspecified atom stereocenters. The molecule has 0 saturated carbocycles. The third-order valence-corrected chi connectivity index (χ3v) is 3.53. The van der Waals surface area contributed by atoms with Crippen LogP contribution in [0, 0.1) is 0 Å². The summed E-state index contributed by atoms with van der Waals surface area (Å²) in [6.07, 6.45) is -4.41. The van der Waals surface area contributed by atoms with E-state index in [2.05, 4.69) is 5.32 Å². The second-order valence-electron chi connectivity index (χ2n) is 5.23. The lowest BCUT2D eigenvalue weighted by Gasteiger charge is -2.42. The van der Waals surface area contributed by atoms with Crippen molar-refractivity contribution in [3.05, 3.63) is 35.9 Å². The number of hydrogen-bond donors (Lipinski definition) is 4. The number of nitrogens with one attached hydrogen (secondary N) is 1. The number of carbonyl (C=O) groups excluding carboxylic acids is 1. The van der Waals surface area contributed by atoms with Crippen molar-refractivity contribution in [2.24, 2.45) is 0 Å². The fourth-order valence-electron chi connectivity index (χ4n) is 2.44. The van der Waals surface area contributed by atoms with Gasteiger partial charge in [0.05, 0.1) is 13.2 Å². The molecule has 0 bridgehead atoms. The standard InChI is InChI=1S/C15H21NO6/c1-9(18)16-12-14(13(19)11(7-17)22-15(12)20)21-8-10-5-3-2-4-6-10/h2-6,11-15,17,19-20H,7-8H2,1H3,(H,16,18)/t11-,12-,13-,14+,15-/m1/s1. The van der Waals surface area contributed by atoms with Crippen LogP contribution >= 0.6 is 0 Å². The number of hydrogen-bond acceptors (Lipinski definition) is 6. The smallest absolute Gasteiger partial charge is 0.217 e. The maximum absolute atomic E-state index is 11.3. The number of aliphatic hydroxyl groups is 3. The minimum Gasteiger partial charge on any atom is -0.394 e. The molecule has 0 radical (unpaired) electrons. The largest absolute Gasteiger partial charge is 0.394 e. The third kappa shape index (κ3) is 4.02. The fourth-order valence-corrected chi connectivity index (χ4v) is 2.44. The first kappa shape index (κ1) is 16.9. The SMILES string of the molecule is CC(=O)N[C@@H]1[C@H](OCc2ccccc2)[C@H](O)[C@@H](CO)O[C@H]1O. The summed E-state index contributed by atoms with van der Waals surface area (Å²) in [5.41, 5.74) is 0.887. The lowest BCUT2D eigenvalue weighted by atomic mass is 9.96. The van der Waals surface area contributed by atoms with E-state index in [0.29, 0.717) is 0 Å². The average molecular weight is 311 g/mol. The number of benzene rings is 1. The summed E-state index contributed by atoms with van der Waals surface area (Å²) >= 11 is 0. The molecule has 2 rings (SSSR count). The van der Waals surface area contributed by atoms with E-state index in [9.17, 15) is 20.1 Å². The molecule has 1 aromatic rings. The van der Waals surface area contributed by atoms with E-state index in [1.165, 1.54) is 6.92 Å². The lowest BCUT2D eigenvalue weighted by Crippen LogP contribution is -2.64. The minimum absolute atomic E-state index is 0.198. The molecule has 122 valence electrons. The Morgan fingerprint density at radius 3 is 2.59 bits per heavy atom. The Balaban J connectivity index is 2.10. The zero-order valence-electron chi connectivity index (χ0n) is 12.3. The molecule has 0 spiro atoms. The van der Waals surface area contributed by atoms with Crippen LogP contribution in [0.15, 0.2) is 30.3 Å². The van der Waals surface area contributed by atoms with Crippen LogP contribution in [0.1, 0.15) is 12.5 Å². The Morgan fingerprint density at radius 1 is 1.32 bits per heavy atom. The van der Waals surface area contributed by atoms with Crippen LogP contribution in [0.4, 0.5) is 0 Å². The Morgan fingerprint density at radius 2 is 2.00 bits per heavy atom. The van der Waals surface area contributed by atoms with Crippen molar-refractivity contribution < 1.29 is 29.6 Å². The van der Waals surface area contributed by atoms with Crippen LogP contribution < -0.4 is 5.32 Å². The number of carbonyl (C=O) groups is 1. The van der Waals surface area contributed by atoms with Gasteiger partial charge in [-0.2, -0.15) is 0 Å². The van der Waals surface area contributed by atoms with Gasteiger partial charge in [0, 0.05) is 6.92 Å². The molecule has 1 saturated heterocycles. The lowest BCUT2D eigenvalue weighted by molar-refractivity contribution is -0.263. The minimum atomic E-state index is -1.37. The molecule has 7 heteroatoms. The summed E-state index contributed by atoms with van der Waals surface area (Å²) in [7, 11) is 0. The van der Waals surface area contributed by atoms with Crippen LogP contribution in [0.3, 0.4) is 0 Å². The highest BCUT2D eigenvalue weighted by atomic mass is 16.6. The van der Waals surface area contributed by atoms with Crippen molar-refractivity contribution in [2.45, 2.75) is 44.2 Å². The Kier molecular flexibility index (Phi) is 5.87. The van der Waals surface area contributed by atoms with E-state index in [1.807, 2.05) is 30.3 Å². The molecule has 22 heavy (non-hydrogen) atoms. The molecule has 7 nitrogen and oxygen atoms in total. The molecule has 0 aromatic heterocycles. The summed E-state index contributed by atoms with van der Waals surface area (Å²) in [5.74, 6) is -0.379. The second-order valence-corrected chi connectivity index (χ2v) is 5.23. The topological polar surface area (TPSA) is 108 Å². The van der Waals surface area contributed by atoms with Crippen molar-refractivity contribution in [1.82, 2.24) is 5.32 Å². The van der Waals surface area contributed by atoms with Crippen molar-refractivity contribution in [1.29, 1.82) is 0 Å². The van der Waals surface area contributed by atoms with Crippen LogP contribution in [0.5, 0.6) is 0 Å². The van der Waals surface area contributed by atoms with Crippen LogP contribution in [-0.2, 0) is 20.9 Å². The van der Waals surface area contributed by atoms with Crippen LogP contribution in [0.25, 0.3) is 0 Å². The quantitative estimate of drug-likeness (QED) is 0.564. The highest BCUT2D eigenvalue weighted by molar-refractivity contribution is 5.73. The van der Waals surface area contributed by atoms with Gasteiger partial charge in [0.25, 0.3) is 0 Å². The normalized spacial score (nSPS) is 31.7. The van der Waals surface area contributed by atoms with E-state index >= 15 is 0 Å². The van der Waals surface area contributed by atoms with Gasteiger partial charge in [0.2, 0.25) is 5.91 Å². The van der Waals surface area contributed by atoms with E-state index in [0.717, 1.165) is 5.56 Å². The van der Waals surface area contributed by atoms with Gasteiger partial charge in [-0.05, 0) is 5.56 Å². The number of ether oxygens (including phenoxy) is 2. The van der Waals surface area contributed by atoms with Gasteiger partial charge in [-0.3, -0.25) is 4.79 Å². The van der Waals surface area contributed by atoms with Gasteiger partial charge in [0.1, 0.15) is 24.4 Å². The summed E-state index contributed by atoms with van der Waals surface area (Å²) in [6.45, 7) is 1.03. The van der Waals surface area contributed by atoms with Crippen LogP contribution in [0.2, 0.25) is 0 Å². The van der Waals surface area contributed by atoms with E-state index in [4.69, 9.17) is 9.47 Å². The molecule has 1 aliphatic heterocycles. The molecular weight excluding hydrogens is 290 g/mol. The first-order valence-corrected chi connectivity index (χ1v) is 7.08. The molecule has 5 atom stereocenters. The van der Waals surface area contributed by atoms with Gasteiger partial charge in [-0.1, -0.05) is 30.3 Å². The van der Waals surface area contributed by atoms with Gasteiger partial charge in [0.15, 0.2) is 6.29 Å². The van der Waals surface area contributed by atoms with E-state index in [1.54, 1.807) is 0 Å². The van der Waals surface area contributed by atoms with Crippen molar-refractivity contribution in [3.8, 4) is 0 Å². The van der Waals surface area contributed by atoms with E-state index in [-0.39, 0.29) is 12.5 Å². The third-order valence-electron chi connectivity index (χ3n) is 3.53. The van der Waals surface area contributed by atoms with Crippen molar-refractivity contribution in [3.63, 3.8) is 0 Å². The maximum Gasteiger partial charge on any atom is 0.217 e. The van der Waals surface area contributed by atoms with Crippen molar-refractivity contribution >= 4 is 5.91 Å². The predicted molar refractivity (Wildman–Crippen MR) is 76.6 cm³/mol. The Hall–Kier alpha value is -1.51. The summed E-state index contributed by atoms with van der Waals surface area (Å²) < 4.78 is 10.8. The maximum atomic E-state index is 11.3.